The molecule has 0 aliphatic rings. The summed E-state index contributed by atoms with van der Waals surface area (Å²) in [6.45, 7) is 2.12. The molecule has 0 fully saturated rings. The Bertz CT molecular complexity index is 1120. The Balaban J connectivity index is 1.62. The van der Waals surface area contributed by atoms with E-state index in [1.54, 1.807) is 10.8 Å². The average molecular weight is 353 g/mol. The van der Waals surface area contributed by atoms with Gasteiger partial charge < -0.3 is 0 Å². The molecule has 0 N–H and O–H groups in total. The van der Waals surface area contributed by atoms with E-state index >= 15 is 0 Å². The fourth-order valence-electron chi connectivity index (χ4n) is 3.22. The van der Waals surface area contributed by atoms with Crippen LogP contribution in [-0.2, 0) is 12.8 Å². The topological polar surface area (TPSA) is 66.9 Å². The highest BCUT2D eigenvalue weighted by Gasteiger charge is 2.10. The van der Waals surface area contributed by atoms with Crippen LogP contribution in [0.2, 0.25) is 0 Å². The Morgan fingerprint density at radius 3 is 2.67 bits per heavy atom. The van der Waals surface area contributed by atoms with Gasteiger partial charge in [-0.3, -0.25) is 0 Å². The molecular formula is C22H19N5. The van der Waals surface area contributed by atoms with Crippen LogP contribution in [-0.4, -0.2) is 19.6 Å². The summed E-state index contributed by atoms with van der Waals surface area (Å²) in [5.41, 5.74) is 5.77. The van der Waals surface area contributed by atoms with Gasteiger partial charge in [0.2, 0.25) is 0 Å². The van der Waals surface area contributed by atoms with Crippen molar-refractivity contribution in [3.05, 3.63) is 83.6 Å². The fraction of sp³-hybridized carbons (Fsp3) is 0.182. The van der Waals surface area contributed by atoms with Crippen molar-refractivity contribution >= 4 is 5.65 Å². The summed E-state index contributed by atoms with van der Waals surface area (Å²) in [6, 6.07) is 18.2. The second kappa shape index (κ2) is 7.38. The van der Waals surface area contributed by atoms with Gasteiger partial charge in [-0.25, -0.2) is 14.5 Å². The van der Waals surface area contributed by atoms with Crippen LogP contribution < -0.4 is 0 Å². The summed E-state index contributed by atoms with van der Waals surface area (Å²) in [5.74, 6) is 0.857. The molecule has 132 valence electrons. The summed E-state index contributed by atoms with van der Waals surface area (Å²) in [5, 5.41) is 13.8. The van der Waals surface area contributed by atoms with E-state index in [2.05, 4.69) is 52.3 Å². The largest absolute Gasteiger partial charge is 0.244 e. The number of benzene rings is 2. The lowest BCUT2D eigenvalue weighted by Gasteiger charge is -2.07. The van der Waals surface area contributed by atoms with E-state index in [1.807, 2.05) is 30.5 Å². The van der Waals surface area contributed by atoms with Crippen molar-refractivity contribution in [2.75, 3.05) is 0 Å². The van der Waals surface area contributed by atoms with Gasteiger partial charge in [0.1, 0.15) is 6.33 Å². The molecule has 4 aromatic rings. The van der Waals surface area contributed by atoms with E-state index in [0.717, 1.165) is 47.4 Å². The van der Waals surface area contributed by atoms with Gasteiger partial charge in [-0.1, -0.05) is 49.4 Å². The maximum atomic E-state index is 9.30. The molecule has 0 aliphatic heterocycles. The molecule has 0 saturated carbocycles. The number of rotatable bonds is 5. The first kappa shape index (κ1) is 16.9. The number of hydrogen-bond acceptors (Lipinski definition) is 4. The molecule has 0 bridgehead atoms. The first-order valence-corrected chi connectivity index (χ1v) is 9.05. The lowest BCUT2D eigenvalue weighted by atomic mass is 9.98. The molecule has 2 aromatic heterocycles. The van der Waals surface area contributed by atoms with Crippen molar-refractivity contribution in [1.82, 2.24) is 19.6 Å². The third-order valence-corrected chi connectivity index (χ3v) is 4.55. The smallest absolute Gasteiger partial charge is 0.162 e. The van der Waals surface area contributed by atoms with E-state index in [1.165, 1.54) is 5.56 Å². The van der Waals surface area contributed by atoms with Crippen molar-refractivity contribution in [3.8, 4) is 17.2 Å². The van der Waals surface area contributed by atoms with Crippen LogP contribution in [0.3, 0.4) is 0 Å². The number of aromatic nitrogens is 4. The summed E-state index contributed by atoms with van der Waals surface area (Å²) in [7, 11) is 0. The summed E-state index contributed by atoms with van der Waals surface area (Å²) in [6.07, 6.45) is 6.19. The number of aryl methyl sites for hydroxylation is 1. The molecule has 5 heteroatoms. The number of fused-ring (bicyclic) bond motifs is 1. The molecule has 4 rings (SSSR count). The van der Waals surface area contributed by atoms with Crippen molar-refractivity contribution in [2.45, 2.75) is 26.2 Å². The van der Waals surface area contributed by atoms with Crippen LogP contribution in [0.1, 0.15) is 35.9 Å². The van der Waals surface area contributed by atoms with E-state index < -0.39 is 0 Å². The number of nitrogens with zero attached hydrogens (tertiary/aromatic N) is 5. The van der Waals surface area contributed by atoms with Crippen LogP contribution in [0.4, 0.5) is 0 Å². The summed E-state index contributed by atoms with van der Waals surface area (Å²) >= 11 is 0. The highest BCUT2D eigenvalue weighted by molar-refractivity contribution is 5.70. The van der Waals surface area contributed by atoms with Gasteiger partial charge in [0.05, 0.1) is 11.6 Å². The van der Waals surface area contributed by atoms with Gasteiger partial charge in [-0.05, 0) is 29.2 Å². The highest BCUT2D eigenvalue weighted by Crippen LogP contribution is 2.24. The van der Waals surface area contributed by atoms with Crippen LogP contribution in [0.15, 0.2) is 61.1 Å². The second-order valence-corrected chi connectivity index (χ2v) is 6.50. The molecule has 0 aliphatic carbocycles. The van der Waals surface area contributed by atoms with Crippen LogP contribution in [0.25, 0.3) is 16.8 Å². The molecule has 0 spiro atoms. The molecule has 2 heterocycles. The zero-order chi connectivity index (χ0) is 18.6. The molecule has 0 radical (unpaired) electrons. The molecule has 0 atom stereocenters. The standard InChI is InChI=1S/C22H19N5/c1-2-5-21-25-22-19(14-24-15-27(22)26-21)12-16-8-10-17(11-9-16)20-7-4-3-6-18(20)13-23/h3-4,6-11,14-15H,2,5,12H2,1H3. The number of hydrogen-bond donors (Lipinski definition) is 0. The van der Waals surface area contributed by atoms with Crippen LogP contribution in [0.5, 0.6) is 0 Å². The molecule has 27 heavy (non-hydrogen) atoms. The van der Waals surface area contributed by atoms with Gasteiger partial charge in [0.25, 0.3) is 0 Å². The molecule has 2 aromatic carbocycles. The minimum Gasteiger partial charge on any atom is -0.244 e. The maximum Gasteiger partial charge on any atom is 0.162 e. The first-order chi connectivity index (χ1) is 13.3. The second-order valence-electron chi connectivity index (χ2n) is 6.50. The highest BCUT2D eigenvalue weighted by atomic mass is 15.3. The molecular weight excluding hydrogens is 334 g/mol. The van der Waals surface area contributed by atoms with Crippen molar-refractivity contribution in [3.63, 3.8) is 0 Å². The Hall–Kier alpha value is -3.52. The van der Waals surface area contributed by atoms with Crippen LogP contribution in [0, 0.1) is 11.3 Å². The first-order valence-electron chi connectivity index (χ1n) is 9.05. The summed E-state index contributed by atoms with van der Waals surface area (Å²) in [4.78, 5) is 8.96. The predicted octanol–water partition coefficient (Wildman–Crippen LogP) is 4.21. The quantitative estimate of drug-likeness (QED) is 0.539. The monoisotopic (exact) mass is 353 g/mol. The third-order valence-electron chi connectivity index (χ3n) is 4.55. The van der Waals surface area contributed by atoms with E-state index in [-0.39, 0.29) is 0 Å². The van der Waals surface area contributed by atoms with E-state index in [0.29, 0.717) is 5.56 Å². The minimum atomic E-state index is 0.686. The van der Waals surface area contributed by atoms with Gasteiger partial charge in [-0.2, -0.15) is 5.26 Å². The van der Waals surface area contributed by atoms with Crippen molar-refractivity contribution in [1.29, 1.82) is 5.26 Å². The summed E-state index contributed by atoms with van der Waals surface area (Å²) < 4.78 is 1.76. The third kappa shape index (κ3) is 3.42. The van der Waals surface area contributed by atoms with E-state index in [4.69, 9.17) is 0 Å². The van der Waals surface area contributed by atoms with Crippen LogP contribution >= 0.6 is 0 Å². The minimum absolute atomic E-state index is 0.686. The van der Waals surface area contributed by atoms with Gasteiger partial charge >= 0.3 is 0 Å². The molecule has 5 nitrogen and oxygen atoms in total. The molecule has 0 unspecified atom stereocenters. The Morgan fingerprint density at radius 1 is 1.07 bits per heavy atom. The maximum absolute atomic E-state index is 9.30. The average Bonchev–Trinajstić information content (AvgIpc) is 3.12. The van der Waals surface area contributed by atoms with Gasteiger partial charge in [-0.15, -0.1) is 5.10 Å². The normalized spacial score (nSPS) is 10.8. The fourth-order valence-corrected chi connectivity index (χ4v) is 3.22. The molecule has 0 saturated heterocycles. The Labute approximate surface area is 158 Å². The van der Waals surface area contributed by atoms with Gasteiger partial charge in [0, 0.05) is 24.6 Å². The van der Waals surface area contributed by atoms with Crippen molar-refractivity contribution < 1.29 is 0 Å². The zero-order valence-electron chi connectivity index (χ0n) is 15.1. The Morgan fingerprint density at radius 2 is 1.89 bits per heavy atom. The SMILES string of the molecule is CCCc1nc2c(Cc3ccc(-c4ccccc4C#N)cc3)cncn2n1. The number of nitriles is 1. The van der Waals surface area contributed by atoms with Gasteiger partial charge in [0.15, 0.2) is 11.5 Å². The predicted molar refractivity (Wildman–Crippen MR) is 104 cm³/mol. The zero-order valence-corrected chi connectivity index (χ0v) is 15.1. The lowest BCUT2D eigenvalue weighted by Crippen LogP contribution is -1.97. The molecule has 0 amide bonds. The lowest BCUT2D eigenvalue weighted by molar-refractivity contribution is 0.810. The van der Waals surface area contributed by atoms with E-state index in [9.17, 15) is 5.26 Å². The Kier molecular flexibility index (Phi) is 4.63. The van der Waals surface area contributed by atoms with Crippen molar-refractivity contribution in [2.24, 2.45) is 0 Å².